The Kier molecular flexibility index (Phi) is 6.25. The number of benzene rings is 2. The van der Waals surface area contributed by atoms with Crippen molar-refractivity contribution in [3.63, 3.8) is 0 Å². The van der Waals surface area contributed by atoms with Gasteiger partial charge >= 0.3 is 0 Å². The van der Waals surface area contributed by atoms with Gasteiger partial charge in [-0.1, -0.05) is 0 Å². The van der Waals surface area contributed by atoms with Crippen molar-refractivity contribution in [3.05, 3.63) is 40.6 Å². The molecule has 2 aromatic carbocycles. The molecule has 34 heavy (non-hydrogen) atoms. The molecule has 0 saturated carbocycles. The van der Waals surface area contributed by atoms with Crippen LogP contribution in [0.15, 0.2) is 39.5 Å². The Bertz CT molecular complexity index is 1270. The summed E-state index contributed by atoms with van der Waals surface area (Å²) in [7, 11) is 1.36. The van der Waals surface area contributed by atoms with Gasteiger partial charge in [-0.25, -0.2) is 0 Å². The monoisotopic (exact) mass is 478 g/mol. The van der Waals surface area contributed by atoms with E-state index in [4.69, 9.17) is 18.6 Å². The molecular weight excluding hydrogens is 456 g/mol. The molecule has 1 saturated heterocycles. The number of aliphatic hydroxyl groups is 4. The molecule has 4 rings (SSSR count). The molecule has 0 radical (unpaired) electrons. The molecular formula is C22H22O12. The third-order valence-electron chi connectivity index (χ3n) is 5.46. The van der Waals surface area contributed by atoms with Crippen molar-refractivity contribution in [2.75, 3.05) is 13.7 Å². The van der Waals surface area contributed by atoms with Crippen LogP contribution >= 0.6 is 0 Å². The zero-order valence-electron chi connectivity index (χ0n) is 17.7. The van der Waals surface area contributed by atoms with Gasteiger partial charge < -0.3 is 54.4 Å². The largest absolute Gasteiger partial charge is 0.507 e. The van der Waals surface area contributed by atoms with E-state index in [9.17, 15) is 40.5 Å². The minimum atomic E-state index is -1.81. The summed E-state index contributed by atoms with van der Waals surface area (Å²) in [5.41, 5.74) is -0.895. The van der Waals surface area contributed by atoms with E-state index in [-0.39, 0.29) is 28.2 Å². The highest BCUT2D eigenvalue weighted by molar-refractivity contribution is 5.91. The minimum Gasteiger partial charge on any atom is -0.507 e. The Morgan fingerprint density at radius 3 is 2.32 bits per heavy atom. The molecule has 0 unspecified atom stereocenters. The van der Waals surface area contributed by atoms with Crippen molar-refractivity contribution >= 4 is 11.0 Å². The number of phenolic OH excluding ortho intramolecular Hbond substituents is 3. The normalized spacial score (nSPS) is 24.8. The van der Waals surface area contributed by atoms with E-state index >= 15 is 0 Å². The lowest BCUT2D eigenvalue weighted by Gasteiger charge is -2.39. The molecule has 1 aliphatic rings. The second kappa shape index (κ2) is 9.00. The van der Waals surface area contributed by atoms with Gasteiger partial charge in [0.05, 0.1) is 13.7 Å². The van der Waals surface area contributed by atoms with Gasteiger partial charge in [0, 0.05) is 17.7 Å². The summed E-state index contributed by atoms with van der Waals surface area (Å²) >= 11 is 0. The average molecular weight is 478 g/mol. The highest BCUT2D eigenvalue weighted by atomic mass is 16.7. The molecule has 7 N–H and O–H groups in total. The standard InChI is InChI=1S/C22H22O12/c1-31-13-3-2-8(4-9(13)24)14-6-11(26)16-10(25)5-12(27)20(21(16)32-14)34-22-19(30)18(29)17(28)15(7-23)33-22/h2-6,15,17-19,22-25,27-30H,7H2,1H3/t15-,17-,18+,19-,22+/m0/s1. The first-order chi connectivity index (χ1) is 16.2. The van der Waals surface area contributed by atoms with Crippen LogP contribution in [0.3, 0.4) is 0 Å². The fourth-order valence-corrected chi connectivity index (χ4v) is 3.66. The maximum Gasteiger partial charge on any atom is 0.229 e. The van der Waals surface area contributed by atoms with Gasteiger partial charge in [-0.15, -0.1) is 0 Å². The summed E-state index contributed by atoms with van der Waals surface area (Å²) in [5, 5.41) is 69.9. The van der Waals surface area contributed by atoms with E-state index in [1.54, 1.807) is 0 Å². The van der Waals surface area contributed by atoms with Crippen molar-refractivity contribution in [2.45, 2.75) is 30.7 Å². The van der Waals surface area contributed by atoms with Crippen molar-refractivity contribution in [3.8, 4) is 40.1 Å². The van der Waals surface area contributed by atoms with Crippen molar-refractivity contribution in [1.82, 2.24) is 0 Å². The zero-order valence-corrected chi connectivity index (χ0v) is 17.7. The van der Waals surface area contributed by atoms with Gasteiger partial charge in [0.2, 0.25) is 12.0 Å². The molecule has 1 aliphatic heterocycles. The van der Waals surface area contributed by atoms with Crippen LogP contribution < -0.4 is 14.9 Å². The van der Waals surface area contributed by atoms with Gasteiger partial charge in [0.25, 0.3) is 0 Å². The predicted octanol–water partition coefficient (Wildman–Crippen LogP) is -0.236. The Hall–Kier alpha value is -3.55. The number of ether oxygens (including phenoxy) is 3. The Morgan fingerprint density at radius 2 is 1.68 bits per heavy atom. The summed E-state index contributed by atoms with van der Waals surface area (Å²) < 4.78 is 21.5. The quantitative estimate of drug-likeness (QED) is 0.254. The summed E-state index contributed by atoms with van der Waals surface area (Å²) in [6, 6.07) is 6.06. The second-order valence-electron chi connectivity index (χ2n) is 7.62. The molecule has 0 spiro atoms. The number of phenols is 3. The molecule has 0 aliphatic carbocycles. The predicted molar refractivity (Wildman–Crippen MR) is 114 cm³/mol. The van der Waals surface area contributed by atoms with E-state index in [1.807, 2.05) is 0 Å². The Balaban J connectivity index is 1.84. The van der Waals surface area contributed by atoms with Crippen LogP contribution in [-0.4, -0.2) is 80.2 Å². The first-order valence-corrected chi connectivity index (χ1v) is 10.0. The first kappa shape index (κ1) is 23.6. The van der Waals surface area contributed by atoms with Crippen LogP contribution in [0.4, 0.5) is 0 Å². The average Bonchev–Trinajstić information content (AvgIpc) is 2.80. The van der Waals surface area contributed by atoms with E-state index in [1.165, 1.54) is 25.3 Å². The van der Waals surface area contributed by atoms with E-state index in [2.05, 4.69) is 0 Å². The number of rotatable bonds is 5. The van der Waals surface area contributed by atoms with Gasteiger partial charge in [0.15, 0.2) is 28.3 Å². The van der Waals surface area contributed by atoms with Crippen LogP contribution in [0.2, 0.25) is 0 Å². The molecule has 1 fully saturated rings. The van der Waals surface area contributed by atoms with Gasteiger partial charge in [-0.3, -0.25) is 4.79 Å². The molecule has 3 aromatic rings. The Labute approximate surface area is 191 Å². The van der Waals surface area contributed by atoms with E-state index in [0.29, 0.717) is 0 Å². The van der Waals surface area contributed by atoms with Crippen LogP contribution in [0.5, 0.6) is 28.7 Å². The fourth-order valence-electron chi connectivity index (χ4n) is 3.66. The number of hydrogen-bond acceptors (Lipinski definition) is 12. The van der Waals surface area contributed by atoms with Gasteiger partial charge in [-0.2, -0.15) is 0 Å². The second-order valence-corrected chi connectivity index (χ2v) is 7.62. The third kappa shape index (κ3) is 3.97. The molecule has 12 heteroatoms. The van der Waals surface area contributed by atoms with E-state index < -0.39 is 65.6 Å². The Morgan fingerprint density at radius 1 is 0.941 bits per heavy atom. The maximum absolute atomic E-state index is 12.8. The summed E-state index contributed by atoms with van der Waals surface area (Å²) in [4.78, 5) is 12.8. The SMILES string of the molecule is COc1ccc(-c2cc(=O)c3c(O)cc(O)c(O[C@H]4O[C@@H](CO)[C@H](O)[C@@H](O)[C@@H]4O)c3o2)cc1O. The van der Waals surface area contributed by atoms with Crippen LogP contribution in [0.25, 0.3) is 22.3 Å². The maximum atomic E-state index is 12.8. The summed E-state index contributed by atoms with van der Waals surface area (Å²) in [5.74, 6) is -1.97. The number of aliphatic hydroxyl groups excluding tert-OH is 4. The lowest BCUT2D eigenvalue weighted by Crippen LogP contribution is -2.60. The first-order valence-electron chi connectivity index (χ1n) is 10.0. The molecule has 182 valence electrons. The number of fused-ring (bicyclic) bond motifs is 1. The highest BCUT2D eigenvalue weighted by Gasteiger charge is 2.45. The minimum absolute atomic E-state index is 0.0703. The molecule has 0 bridgehead atoms. The number of hydrogen-bond donors (Lipinski definition) is 7. The highest BCUT2D eigenvalue weighted by Crippen LogP contribution is 2.42. The summed E-state index contributed by atoms with van der Waals surface area (Å²) in [6.45, 7) is -0.715. The fraction of sp³-hybridized carbons (Fsp3) is 0.318. The zero-order chi connectivity index (χ0) is 24.7. The number of aromatic hydroxyl groups is 3. The smallest absolute Gasteiger partial charge is 0.229 e. The summed E-state index contributed by atoms with van der Waals surface area (Å²) in [6.07, 6.45) is -8.20. The van der Waals surface area contributed by atoms with Gasteiger partial charge in [-0.05, 0) is 18.2 Å². The van der Waals surface area contributed by atoms with Crippen LogP contribution in [0.1, 0.15) is 0 Å². The molecule has 5 atom stereocenters. The third-order valence-corrected chi connectivity index (χ3v) is 5.46. The van der Waals surface area contributed by atoms with Crippen molar-refractivity contribution in [1.29, 1.82) is 0 Å². The number of methoxy groups -OCH3 is 1. The van der Waals surface area contributed by atoms with Crippen molar-refractivity contribution < 1.29 is 54.4 Å². The molecule has 0 amide bonds. The van der Waals surface area contributed by atoms with Crippen molar-refractivity contribution in [2.24, 2.45) is 0 Å². The molecule has 2 heterocycles. The van der Waals surface area contributed by atoms with Crippen LogP contribution in [-0.2, 0) is 4.74 Å². The lowest BCUT2D eigenvalue weighted by atomic mass is 9.99. The van der Waals surface area contributed by atoms with E-state index in [0.717, 1.165) is 12.1 Å². The van der Waals surface area contributed by atoms with Crippen LogP contribution in [0, 0.1) is 0 Å². The topological polar surface area (TPSA) is 200 Å². The lowest BCUT2D eigenvalue weighted by molar-refractivity contribution is -0.277. The molecule has 1 aromatic heterocycles. The molecule has 12 nitrogen and oxygen atoms in total. The van der Waals surface area contributed by atoms with Gasteiger partial charge in [0.1, 0.15) is 41.3 Å².